The van der Waals surface area contributed by atoms with Gasteiger partial charge in [-0.05, 0) is 44.4 Å². The lowest BCUT2D eigenvalue weighted by molar-refractivity contribution is -0.0498. The number of benzene rings is 1. The molecule has 0 bridgehead atoms. The van der Waals surface area contributed by atoms with Crippen LogP contribution in [0.2, 0.25) is 0 Å². The Morgan fingerprint density at radius 2 is 2.00 bits per heavy atom. The third kappa shape index (κ3) is 7.24. The van der Waals surface area contributed by atoms with Crippen LogP contribution in [0, 0.1) is 0 Å². The Kier molecular flexibility index (Phi) is 7.14. The van der Waals surface area contributed by atoms with E-state index in [2.05, 4.69) is 20.0 Å². The first-order valence-corrected chi connectivity index (χ1v) is 6.51. The van der Waals surface area contributed by atoms with E-state index in [0.717, 1.165) is 11.3 Å². The molecule has 0 aliphatic rings. The quantitative estimate of drug-likeness (QED) is 0.620. The van der Waals surface area contributed by atoms with Crippen LogP contribution in [0.5, 0.6) is 5.75 Å². The summed E-state index contributed by atoms with van der Waals surface area (Å²) in [5, 5.41) is 3.88. The molecular weight excluding hydrogens is 282 g/mol. The van der Waals surface area contributed by atoms with Crippen molar-refractivity contribution in [3.8, 4) is 5.75 Å². The van der Waals surface area contributed by atoms with Gasteiger partial charge >= 0.3 is 12.7 Å². The van der Waals surface area contributed by atoms with Crippen molar-refractivity contribution in [2.75, 3.05) is 6.61 Å². The molecule has 0 heterocycles. The predicted octanol–water partition coefficient (Wildman–Crippen LogP) is 3.34. The highest BCUT2D eigenvalue weighted by Gasteiger charge is 2.04. The smallest absolute Gasteiger partial charge is 0.427 e. The third-order valence-electron chi connectivity index (χ3n) is 2.54. The summed E-state index contributed by atoms with van der Waals surface area (Å²) in [4.78, 5) is 11.0. The Morgan fingerprint density at radius 3 is 2.57 bits per heavy atom. The second kappa shape index (κ2) is 8.89. The summed E-state index contributed by atoms with van der Waals surface area (Å²) in [6.07, 6.45) is 0.710. The zero-order valence-electron chi connectivity index (χ0n) is 11.9. The number of nitrogens with one attached hydrogen (secondary N) is 1. The van der Waals surface area contributed by atoms with Gasteiger partial charge in [-0.3, -0.25) is 0 Å². The number of rotatable bonds is 7. The normalized spacial score (nSPS) is 11.4. The first kappa shape index (κ1) is 16.9. The fourth-order valence-electron chi connectivity index (χ4n) is 1.52. The average molecular weight is 300 g/mol. The molecule has 0 spiro atoms. The lowest BCUT2D eigenvalue weighted by atomic mass is 10.1. The molecule has 0 saturated carbocycles. The fraction of sp³-hybridized carbons (Fsp3) is 0.429. The Morgan fingerprint density at radius 1 is 1.33 bits per heavy atom. The Hall–Kier alpha value is -2.18. The van der Waals surface area contributed by atoms with Crippen LogP contribution in [-0.4, -0.2) is 25.0 Å². The number of amides is 1. The number of alkyl halides is 2. The number of ether oxygens (including phenoxy) is 2. The van der Waals surface area contributed by atoms with Gasteiger partial charge in [-0.2, -0.15) is 13.9 Å². The summed E-state index contributed by atoms with van der Waals surface area (Å²) < 4.78 is 32.9. The van der Waals surface area contributed by atoms with Crippen LogP contribution >= 0.6 is 0 Å². The van der Waals surface area contributed by atoms with Gasteiger partial charge in [0.15, 0.2) is 0 Å². The Labute approximate surface area is 121 Å². The standard InChI is InChI=1S/C14H18F2N2O3/c1-3-20-14(19)18-17-10(2)4-5-11-6-8-12(9-7-11)21-13(15)16/h6-9,13H,3-5H2,1-2H3,(H,18,19)/b17-10-. The van der Waals surface area contributed by atoms with E-state index in [0.29, 0.717) is 12.8 Å². The van der Waals surface area contributed by atoms with Crippen LogP contribution in [0.25, 0.3) is 0 Å². The van der Waals surface area contributed by atoms with Crippen molar-refractivity contribution in [1.82, 2.24) is 5.43 Å². The van der Waals surface area contributed by atoms with Gasteiger partial charge in [0.1, 0.15) is 5.75 Å². The predicted molar refractivity (Wildman–Crippen MR) is 74.7 cm³/mol. The highest BCUT2D eigenvalue weighted by atomic mass is 19.3. The highest BCUT2D eigenvalue weighted by Crippen LogP contribution is 2.15. The second-order valence-corrected chi connectivity index (χ2v) is 4.20. The van der Waals surface area contributed by atoms with E-state index in [4.69, 9.17) is 0 Å². The molecule has 0 atom stereocenters. The average Bonchev–Trinajstić information content (AvgIpc) is 2.44. The molecule has 21 heavy (non-hydrogen) atoms. The summed E-state index contributed by atoms with van der Waals surface area (Å²) in [5.41, 5.74) is 3.97. The number of hydrogen-bond donors (Lipinski definition) is 1. The number of carbonyl (C=O) groups excluding carboxylic acids is 1. The fourth-order valence-corrected chi connectivity index (χ4v) is 1.52. The van der Waals surface area contributed by atoms with Crippen LogP contribution < -0.4 is 10.2 Å². The molecule has 1 amide bonds. The number of hydrogen-bond acceptors (Lipinski definition) is 4. The van der Waals surface area contributed by atoms with Crippen molar-refractivity contribution in [3.05, 3.63) is 29.8 Å². The van der Waals surface area contributed by atoms with E-state index in [-0.39, 0.29) is 12.4 Å². The summed E-state index contributed by atoms with van der Waals surface area (Å²) >= 11 is 0. The van der Waals surface area contributed by atoms with E-state index >= 15 is 0 Å². The zero-order valence-corrected chi connectivity index (χ0v) is 11.9. The topological polar surface area (TPSA) is 59.9 Å². The maximum Gasteiger partial charge on any atom is 0.427 e. The summed E-state index contributed by atoms with van der Waals surface area (Å²) in [6.45, 7) is 0.949. The van der Waals surface area contributed by atoms with E-state index in [1.807, 2.05) is 0 Å². The van der Waals surface area contributed by atoms with Crippen molar-refractivity contribution in [1.29, 1.82) is 0 Å². The molecule has 1 rings (SSSR count). The van der Waals surface area contributed by atoms with E-state index in [1.165, 1.54) is 12.1 Å². The van der Waals surface area contributed by atoms with Crippen LogP contribution in [0.4, 0.5) is 13.6 Å². The summed E-state index contributed by atoms with van der Waals surface area (Å²) in [5.74, 6) is 0.128. The van der Waals surface area contributed by atoms with Gasteiger partial charge in [-0.25, -0.2) is 10.2 Å². The molecule has 1 N–H and O–H groups in total. The van der Waals surface area contributed by atoms with Gasteiger partial charge in [0.25, 0.3) is 0 Å². The number of aryl methyl sites for hydroxylation is 1. The zero-order chi connectivity index (χ0) is 15.7. The SMILES string of the molecule is CCOC(=O)N/N=C(/C)CCc1ccc(OC(F)F)cc1. The number of halogens is 2. The van der Waals surface area contributed by atoms with Gasteiger partial charge in [-0.15, -0.1) is 0 Å². The van der Waals surface area contributed by atoms with Crippen LogP contribution in [0.1, 0.15) is 25.8 Å². The van der Waals surface area contributed by atoms with Gasteiger partial charge < -0.3 is 9.47 Å². The minimum absolute atomic E-state index is 0.128. The van der Waals surface area contributed by atoms with E-state index < -0.39 is 12.7 Å². The highest BCUT2D eigenvalue weighted by molar-refractivity contribution is 5.83. The number of nitrogens with zero attached hydrogens (tertiary/aromatic N) is 1. The maximum absolute atomic E-state index is 12.0. The molecule has 7 heteroatoms. The van der Waals surface area contributed by atoms with Crippen molar-refractivity contribution in [2.45, 2.75) is 33.3 Å². The molecule has 0 fully saturated rings. The van der Waals surface area contributed by atoms with Crippen molar-refractivity contribution < 1.29 is 23.0 Å². The maximum atomic E-state index is 12.0. The van der Waals surface area contributed by atoms with Crippen molar-refractivity contribution in [2.24, 2.45) is 5.10 Å². The van der Waals surface area contributed by atoms with Gasteiger partial charge in [0, 0.05) is 5.71 Å². The Balaban J connectivity index is 2.40. The van der Waals surface area contributed by atoms with Crippen molar-refractivity contribution in [3.63, 3.8) is 0 Å². The molecule has 0 aliphatic carbocycles. The minimum Gasteiger partial charge on any atom is -0.449 e. The molecule has 5 nitrogen and oxygen atoms in total. The Bertz CT molecular complexity index is 476. The van der Waals surface area contributed by atoms with Crippen LogP contribution in [0.3, 0.4) is 0 Å². The van der Waals surface area contributed by atoms with Crippen LogP contribution in [-0.2, 0) is 11.2 Å². The number of hydrazone groups is 1. The molecule has 0 aromatic heterocycles. The third-order valence-corrected chi connectivity index (χ3v) is 2.54. The second-order valence-electron chi connectivity index (χ2n) is 4.20. The van der Waals surface area contributed by atoms with Gasteiger partial charge in [0.05, 0.1) is 6.61 Å². The summed E-state index contributed by atoms with van der Waals surface area (Å²) in [6, 6.07) is 6.41. The largest absolute Gasteiger partial charge is 0.449 e. The van der Waals surface area contributed by atoms with Crippen molar-refractivity contribution >= 4 is 11.8 Å². The molecule has 0 saturated heterocycles. The molecule has 0 radical (unpaired) electrons. The summed E-state index contributed by atoms with van der Waals surface area (Å²) in [7, 11) is 0. The lowest BCUT2D eigenvalue weighted by Crippen LogP contribution is -2.20. The lowest BCUT2D eigenvalue weighted by Gasteiger charge is -2.06. The molecule has 116 valence electrons. The number of carbonyl (C=O) groups is 1. The minimum atomic E-state index is -2.82. The molecular formula is C14H18F2N2O3. The molecule has 1 aromatic carbocycles. The first-order valence-electron chi connectivity index (χ1n) is 6.51. The molecule has 1 aromatic rings. The van der Waals surface area contributed by atoms with E-state index in [9.17, 15) is 13.6 Å². The van der Waals surface area contributed by atoms with Gasteiger partial charge in [-0.1, -0.05) is 12.1 Å². The monoisotopic (exact) mass is 300 g/mol. The van der Waals surface area contributed by atoms with Crippen LogP contribution in [0.15, 0.2) is 29.4 Å². The first-order chi connectivity index (χ1) is 10.0. The molecule has 0 aliphatic heterocycles. The molecule has 0 unspecified atom stereocenters. The van der Waals surface area contributed by atoms with Gasteiger partial charge in [0.2, 0.25) is 0 Å². The van der Waals surface area contributed by atoms with E-state index in [1.54, 1.807) is 26.0 Å².